The van der Waals surface area contributed by atoms with Gasteiger partial charge in [-0.05, 0) is 34.8 Å². The summed E-state index contributed by atoms with van der Waals surface area (Å²) >= 11 is 9.39. The molecule has 0 saturated heterocycles. The number of anilines is 1. The largest absolute Gasteiger partial charge is 0.356 e. The van der Waals surface area contributed by atoms with E-state index in [2.05, 4.69) is 39.7 Å². The van der Waals surface area contributed by atoms with Gasteiger partial charge in [-0.2, -0.15) is 0 Å². The van der Waals surface area contributed by atoms with E-state index < -0.39 is 0 Å². The number of halogens is 2. The quantitative estimate of drug-likeness (QED) is 0.732. The van der Waals surface area contributed by atoms with Crippen LogP contribution in [0.2, 0.25) is 0 Å². The van der Waals surface area contributed by atoms with Crippen molar-refractivity contribution in [3.05, 3.63) is 22.3 Å². The molecule has 0 radical (unpaired) electrons. The van der Waals surface area contributed by atoms with E-state index in [1.807, 2.05) is 12.3 Å². The van der Waals surface area contributed by atoms with E-state index in [9.17, 15) is 0 Å². The Balaban J connectivity index is 2.97. The molecule has 1 aromatic heterocycles. The van der Waals surface area contributed by atoms with Gasteiger partial charge in [0.2, 0.25) is 0 Å². The van der Waals surface area contributed by atoms with Crippen LogP contribution in [0.5, 0.6) is 0 Å². The number of aromatic nitrogens is 1. The van der Waals surface area contributed by atoms with Gasteiger partial charge in [-0.3, -0.25) is 0 Å². The molecule has 4 heteroatoms. The summed E-state index contributed by atoms with van der Waals surface area (Å²) in [5, 5.41) is 0. The number of alkyl halides is 1. The maximum atomic E-state index is 5.96. The van der Waals surface area contributed by atoms with Crippen molar-refractivity contribution in [1.29, 1.82) is 0 Å². The highest BCUT2D eigenvalue weighted by atomic mass is 79.9. The predicted octanol–water partition coefficient (Wildman–Crippen LogP) is 4.21. The Labute approximate surface area is 111 Å². The molecular weight excluding hydrogens is 288 g/mol. The first-order chi connectivity index (χ1) is 7.72. The molecule has 1 aromatic rings. The van der Waals surface area contributed by atoms with Gasteiger partial charge in [-0.15, -0.1) is 11.6 Å². The Bertz CT molecular complexity index is 325. The second-order valence-corrected chi connectivity index (χ2v) is 4.94. The molecule has 1 rings (SSSR count). The average molecular weight is 306 g/mol. The number of rotatable bonds is 6. The van der Waals surface area contributed by atoms with Crippen LogP contribution in [-0.4, -0.2) is 18.1 Å². The van der Waals surface area contributed by atoms with Gasteiger partial charge in [0.1, 0.15) is 5.82 Å². The normalized spacial score (nSPS) is 10.5. The zero-order chi connectivity index (χ0) is 12.0. The molecule has 2 nitrogen and oxygen atoms in total. The molecule has 0 aliphatic rings. The molecule has 0 bridgehead atoms. The lowest BCUT2D eigenvalue weighted by Gasteiger charge is -2.24. The third-order valence-corrected chi connectivity index (χ3v) is 3.06. The van der Waals surface area contributed by atoms with Crippen LogP contribution in [0.1, 0.15) is 32.3 Å². The first-order valence-electron chi connectivity index (χ1n) is 5.68. The van der Waals surface area contributed by atoms with E-state index in [1.54, 1.807) is 0 Å². The Morgan fingerprint density at radius 2 is 1.94 bits per heavy atom. The van der Waals surface area contributed by atoms with Crippen molar-refractivity contribution < 1.29 is 0 Å². The fraction of sp³-hybridized carbons (Fsp3) is 0.583. The summed E-state index contributed by atoms with van der Waals surface area (Å²) in [5.41, 5.74) is 1.10. The van der Waals surface area contributed by atoms with Gasteiger partial charge < -0.3 is 4.90 Å². The van der Waals surface area contributed by atoms with Crippen LogP contribution in [0.4, 0.5) is 5.82 Å². The van der Waals surface area contributed by atoms with Gasteiger partial charge in [0.05, 0.1) is 5.88 Å². The van der Waals surface area contributed by atoms with Crippen LogP contribution in [0.25, 0.3) is 0 Å². The lowest BCUT2D eigenvalue weighted by molar-refractivity contribution is 0.731. The summed E-state index contributed by atoms with van der Waals surface area (Å²) in [6, 6.07) is 2.05. The maximum Gasteiger partial charge on any atom is 0.133 e. The van der Waals surface area contributed by atoms with Gasteiger partial charge in [-0.1, -0.05) is 13.8 Å². The van der Waals surface area contributed by atoms with E-state index >= 15 is 0 Å². The minimum absolute atomic E-state index is 0.506. The van der Waals surface area contributed by atoms with E-state index in [1.165, 1.54) is 0 Å². The van der Waals surface area contributed by atoms with Gasteiger partial charge in [0.25, 0.3) is 0 Å². The van der Waals surface area contributed by atoms with Gasteiger partial charge in [-0.25, -0.2) is 4.98 Å². The second-order valence-electron chi connectivity index (χ2n) is 3.76. The molecule has 0 aliphatic carbocycles. The summed E-state index contributed by atoms with van der Waals surface area (Å²) in [6.45, 7) is 6.43. The van der Waals surface area contributed by atoms with Crippen molar-refractivity contribution in [3.8, 4) is 0 Å². The Morgan fingerprint density at radius 1 is 1.31 bits per heavy atom. The lowest BCUT2D eigenvalue weighted by atomic mass is 10.2. The lowest BCUT2D eigenvalue weighted by Crippen LogP contribution is -2.26. The summed E-state index contributed by atoms with van der Waals surface area (Å²) < 4.78 is 0.986. The monoisotopic (exact) mass is 304 g/mol. The van der Waals surface area contributed by atoms with Crippen molar-refractivity contribution >= 4 is 33.3 Å². The molecule has 0 unspecified atom stereocenters. The highest BCUT2D eigenvalue weighted by Gasteiger charge is 2.11. The van der Waals surface area contributed by atoms with Crippen LogP contribution < -0.4 is 4.90 Å². The van der Waals surface area contributed by atoms with Crippen LogP contribution in [0.3, 0.4) is 0 Å². The van der Waals surface area contributed by atoms with Gasteiger partial charge in [0.15, 0.2) is 0 Å². The molecule has 0 aromatic carbocycles. The molecule has 0 fully saturated rings. The molecule has 1 heterocycles. The van der Waals surface area contributed by atoms with Crippen LogP contribution in [0, 0.1) is 0 Å². The summed E-state index contributed by atoms with van der Waals surface area (Å²) in [6.07, 6.45) is 4.09. The van der Waals surface area contributed by atoms with Crippen molar-refractivity contribution in [2.24, 2.45) is 0 Å². The van der Waals surface area contributed by atoms with E-state index in [0.29, 0.717) is 5.88 Å². The minimum Gasteiger partial charge on any atom is -0.356 e. The fourth-order valence-corrected chi connectivity index (χ4v) is 2.30. The summed E-state index contributed by atoms with van der Waals surface area (Å²) in [7, 11) is 0. The Hall–Kier alpha value is -0.280. The number of hydrogen-bond donors (Lipinski definition) is 0. The SMILES string of the molecule is CCCN(CCC)c1ncc(Br)cc1CCl. The standard InChI is InChI=1S/C12H18BrClN2/c1-3-5-16(6-4-2)12-10(8-14)7-11(13)9-15-12/h7,9H,3-6,8H2,1-2H3. The van der Waals surface area contributed by atoms with Crippen molar-refractivity contribution in [2.75, 3.05) is 18.0 Å². The van der Waals surface area contributed by atoms with Gasteiger partial charge >= 0.3 is 0 Å². The first kappa shape index (κ1) is 13.8. The van der Waals surface area contributed by atoms with Crippen molar-refractivity contribution in [3.63, 3.8) is 0 Å². The highest BCUT2D eigenvalue weighted by Crippen LogP contribution is 2.23. The molecule has 16 heavy (non-hydrogen) atoms. The highest BCUT2D eigenvalue weighted by molar-refractivity contribution is 9.10. The maximum absolute atomic E-state index is 5.96. The summed E-state index contributed by atoms with van der Waals surface area (Å²) in [5.74, 6) is 1.54. The molecule has 0 N–H and O–H groups in total. The molecule has 90 valence electrons. The molecule has 0 atom stereocenters. The third kappa shape index (κ3) is 3.63. The third-order valence-electron chi connectivity index (χ3n) is 2.34. The number of nitrogens with zero attached hydrogens (tertiary/aromatic N) is 2. The van der Waals surface area contributed by atoms with Crippen LogP contribution >= 0.6 is 27.5 Å². The Kier molecular flexibility index (Phi) is 6.14. The predicted molar refractivity (Wildman–Crippen MR) is 74.3 cm³/mol. The van der Waals surface area contributed by atoms with E-state index in [0.717, 1.165) is 41.8 Å². The molecular formula is C12H18BrClN2. The van der Waals surface area contributed by atoms with E-state index in [-0.39, 0.29) is 0 Å². The second kappa shape index (κ2) is 7.13. The number of pyridine rings is 1. The molecule has 0 saturated carbocycles. The molecule has 0 aliphatic heterocycles. The summed E-state index contributed by atoms with van der Waals surface area (Å²) in [4.78, 5) is 6.79. The van der Waals surface area contributed by atoms with Crippen molar-refractivity contribution in [2.45, 2.75) is 32.6 Å². The first-order valence-corrected chi connectivity index (χ1v) is 7.01. The van der Waals surface area contributed by atoms with Gasteiger partial charge in [0, 0.05) is 29.3 Å². The van der Waals surface area contributed by atoms with Crippen molar-refractivity contribution in [1.82, 2.24) is 4.98 Å². The van der Waals surface area contributed by atoms with E-state index in [4.69, 9.17) is 11.6 Å². The smallest absolute Gasteiger partial charge is 0.133 e. The minimum atomic E-state index is 0.506. The zero-order valence-electron chi connectivity index (χ0n) is 9.84. The molecule has 0 spiro atoms. The zero-order valence-corrected chi connectivity index (χ0v) is 12.2. The van der Waals surface area contributed by atoms with Crippen LogP contribution in [0.15, 0.2) is 16.7 Å². The Morgan fingerprint density at radius 3 is 2.44 bits per heavy atom. The average Bonchev–Trinajstić information content (AvgIpc) is 2.28. The number of hydrogen-bond acceptors (Lipinski definition) is 2. The topological polar surface area (TPSA) is 16.1 Å². The van der Waals surface area contributed by atoms with Crippen LogP contribution in [-0.2, 0) is 5.88 Å². The fourth-order valence-electron chi connectivity index (χ4n) is 1.72. The molecule has 0 amide bonds.